The first-order valence-corrected chi connectivity index (χ1v) is 6.33. The summed E-state index contributed by atoms with van der Waals surface area (Å²) in [7, 11) is 0. The molecule has 0 aliphatic carbocycles. The number of hydrogen-bond donors (Lipinski definition) is 2. The molecule has 1 aromatic heterocycles. The molecule has 1 heterocycles. The Morgan fingerprint density at radius 3 is 2.94 bits per heavy atom. The second-order valence-electron chi connectivity index (χ2n) is 3.51. The zero-order valence-electron chi connectivity index (χ0n) is 9.04. The SMILES string of the molecule is Cc1cnc(N)nc1Nc1cc(I)ccc1Cl. The number of anilines is 3. The monoisotopic (exact) mass is 360 g/mol. The van der Waals surface area contributed by atoms with Crippen molar-refractivity contribution in [2.75, 3.05) is 11.1 Å². The second-order valence-corrected chi connectivity index (χ2v) is 5.16. The van der Waals surface area contributed by atoms with Crippen LogP contribution in [-0.2, 0) is 0 Å². The number of nitrogens with one attached hydrogen (secondary N) is 1. The molecule has 0 fully saturated rings. The molecule has 88 valence electrons. The standard InChI is InChI=1S/C11H10ClIN4/c1-6-5-15-11(14)17-10(6)16-9-4-7(13)2-3-8(9)12/h2-5H,1H3,(H3,14,15,16,17). The minimum atomic E-state index is 0.236. The average Bonchev–Trinajstić information content (AvgIpc) is 2.28. The number of benzene rings is 1. The molecule has 4 nitrogen and oxygen atoms in total. The lowest BCUT2D eigenvalue weighted by atomic mass is 10.3. The zero-order valence-corrected chi connectivity index (χ0v) is 12.0. The summed E-state index contributed by atoms with van der Waals surface area (Å²) in [5.74, 6) is 0.904. The maximum atomic E-state index is 6.10. The topological polar surface area (TPSA) is 63.8 Å². The molecule has 0 saturated carbocycles. The van der Waals surface area contributed by atoms with Gasteiger partial charge in [0.1, 0.15) is 5.82 Å². The molecule has 0 amide bonds. The van der Waals surface area contributed by atoms with Gasteiger partial charge in [-0.1, -0.05) is 11.6 Å². The predicted octanol–water partition coefficient (Wildman–Crippen LogP) is 3.37. The van der Waals surface area contributed by atoms with Crippen LogP contribution in [0.1, 0.15) is 5.56 Å². The highest BCUT2D eigenvalue weighted by Gasteiger charge is 2.06. The third kappa shape index (κ3) is 2.98. The van der Waals surface area contributed by atoms with Crippen molar-refractivity contribution in [3.05, 3.63) is 38.6 Å². The highest BCUT2D eigenvalue weighted by atomic mass is 127. The van der Waals surface area contributed by atoms with Gasteiger partial charge < -0.3 is 11.1 Å². The number of nitrogens with zero attached hydrogens (tertiary/aromatic N) is 2. The number of halogens is 2. The molecule has 0 atom stereocenters. The third-order valence-electron chi connectivity index (χ3n) is 2.17. The van der Waals surface area contributed by atoms with Crippen molar-refractivity contribution in [3.63, 3.8) is 0 Å². The maximum Gasteiger partial charge on any atom is 0.221 e. The van der Waals surface area contributed by atoms with E-state index >= 15 is 0 Å². The van der Waals surface area contributed by atoms with Crippen LogP contribution < -0.4 is 11.1 Å². The minimum Gasteiger partial charge on any atom is -0.368 e. The minimum absolute atomic E-state index is 0.236. The van der Waals surface area contributed by atoms with E-state index in [1.54, 1.807) is 6.20 Å². The number of aryl methyl sites for hydroxylation is 1. The summed E-state index contributed by atoms with van der Waals surface area (Å²) in [5.41, 5.74) is 7.27. The highest BCUT2D eigenvalue weighted by Crippen LogP contribution is 2.27. The lowest BCUT2D eigenvalue weighted by Gasteiger charge is -2.10. The first-order valence-electron chi connectivity index (χ1n) is 4.87. The molecule has 0 aliphatic heterocycles. The smallest absolute Gasteiger partial charge is 0.221 e. The van der Waals surface area contributed by atoms with Crippen LogP contribution in [0.15, 0.2) is 24.4 Å². The van der Waals surface area contributed by atoms with Crippen molar-refractivity contribution >= 4 is 51.6 Å². The first kappa shape index (κ1) is 12.4. The Labute approximate surface area is 118 Å². The molecule has 0 bridgehead atoms. The molecule has 0 unspecified atom stereocenters. The number of rotatable bonds is 2. The lowest BCUT2D eigenvalue weighted by Crippen LogP contribution is -2.02. The van der Waals surface area contributed by atoms with Crippen LogP contribution in [0.4, 0.5) is 17.5 Å². The van der Waals surface area contributed by atoms with E-state index in [0.29, 0.717) is 10.8 Å². The van der Waals surface area contributed by atoms with E-state index in [0.717, 1.165) is 14.8 Å². The van der Waals surface area contributed by atoms with Gasteiger partial charge in [0.15, 0.2) is 0 Å². The van der Waals surface area contributed by atoms with E-state index in [1.807, 2.05) is 25.1 Å². The lowest BCUT2D eigenvalue weighted by molar-refractivity contribution is 1.15. The third-order valence-corrected chi connectivity index (χ3v) is 3.17. The van der Waals surface area contributed by atoms with E-state index in [4.69, 9.17) is 17.3 Å². The number of nitrogen functional groups attached to an aromatic ring is 1. The second kappa shape index (κ2) is 5.05. The van der Waals surface area contributed by atoms with Crippen molar-refractivity contribution in [1.29, 1.82) is 0 Å². The largest absolute Gasteiger partial charge is 0.368 e. The molecule has 17 heavy (non-hydrogen) atoms. The summed E-state index contributed by atoms with van der Waals surface area (Å²) in [6.07, 6.45) is 1.67. The van der Waals surface area contributed by atoms with Crippen LogP contribution >= 0.6 is 34.2 Å². The maximum absolute atomic E-state index is 6.10. The molecular weight excluding hydrogens is 351 g/mol. The van der Waals surface area contributed by atoms with E-state index in [9.17, 15) is 0 Å². The van der Waals surface area contributed by atoms with Crippen LogP contribution in [0.5, 0.6) is 0 Å². The molecule has 6 heteroatoms. The average molecular weight is 361 g/mol. The molecule has 0 spiro atoms. The quantitative estimate of drug-likeness (QED) is 0.806. The Bertz CT molecular complexity index is 510. The molecule has 2 aromatic rings. The Hall–Kier alpha value is -1.08. The Morgan fingerprint density at radius 2 is 2.18 bits per heavy atom. The van der Waals surface area contributed by atoms with Crippen LogP contribution in [0, 0.1) is 10.5 Å². The van der Waals surface area contributed by atoms with E-state index in [2.05, 4.69) is 37.9 Å². The molecule has 0 radical (unpaired) electrons. The van der Waals surface area contributed by atoms with E-state index in [1.165, 1.54) is 0 Å². The van der Waals surface area contributed by atoms with Gasteiger partial charge in [0, 0.05) is 15.3 Å². The first-order chi connectivity index (χ1) is 8.06. The van der Waals surface area contributed by atoms with E-state index < -0.39 is 0 Å². The number of nitrogens with two attached hydrogens (primary N) is 1. The van der Waals surface area contributed by atoms with Crippen molar-refractivity contribution in [3.8, 4) is 0 Å². The van der Waals surface area contributed by atoms with Gasteiger partial charge in [0.25, 0.3) is 0 Å². The molecule has 1 aromatic carbocycles. The fourth-order valence-electron chi connectivity index (χ4n) is 1.30. The summed E-state index contributed by atoms with van der Waals surface area (Å²) in [6, 6.07) is 5.72. The van der Waals surface area contributed by atoms with Crippen LogP contribution in [-0.4, -0.2) is 9.97 Å². The van der Waals surface area contributed by atoms with Crippen molar-refractivity contribution in [1.82, 2.24) is 9.97 Å². The molecule has 0 aliphatic rings. The van der Waals surface area contributed by atoms with Gasteiger partial charge >= 0.3 is 0 Å². The fraction of sp³-hybridized carbons (Fsp3) is 0.0909. The molecule has 3 N–H and O–H groups in total. The van der Waals surface area contributed by atoms with Crippen molar-refractivity contribution < 1.29 is 0 Å². The van der Waals surface area contributed by atoms with Gasteiger partial charge in [-0.3, -0.25) is 0 Å². The van der Waals surface area contributed by atoms with Gasteiger partial charge in [0.05, 0.1) is 10.7 Å². The Balaban J connectivity index is 2.37. The zero-order chi connectivity index (χ0) is 12.4. The summed E-state index contributed by atoms with van der Waals surface area (Å²) < 4.78 is 1.09. The van der Waals surface area contributed by atoms with Gasteiger partial charge in [0.2, 0.25) is 5.95 Å². The van der Waals surface area contributed by atoms with Crippen molar-refractivity contribution in [2.45, 2.75) is 6.92 Å². The van der Waals surface area contributed by atoms with Crippen LogP contribution in [0.25, 0.3) is 0 Å². The van der Waals surface area contributed by atoms with Crippen LogP contribution in [0.2, 0.25) is 5.02 Å². The van der Waals surface area contributed by atoms with Gasteiger partial charge in [-0.25, -0.2) is 4.98 Å². The summed E-state index contributed by atoms with van der Waals surface area (Å²) in [6.45, 7) is 1.91. The number of hydrogen-bond acceptors (Lipinski definition) is 4. The van der Waals surface area contributed by atoms with Crippen LogP contribution in [0.3, 0.4) is 0 Å². The van der Waals surface area contributed by atoms with Gasteiger partial charge in [-0.2, -0.15) is 4.98 Å². The Morgan fingerprint density at radius 1 is 1.41 bits per heavy atom. The molecular formula is C11H10ClIN4. The number of aromatic nitrogens is 2. The summed E-state index contributed by atoms with van der Waals surface area (Å²) >= 11 is 8.32. The molecule has 2 rings (SSSR count). The Kier molecular flexibility index (Phi) is 3.68. The van der Waals surface area contributed by atoms with E-state index in [-0.39, 0.29) is 5.95 Å². The predicted molar refractivity (Wildman–Crippen MR) is 78.6 cm³/mol. The normalized spacial score (nSPS) is 10.3. The van der Waals surface area contributed by atoms with Gasteiger partial charge in [-0.05, 0) is 47.7 Å². The van der Waals surface area contributed by atoms with Gasteiger partial charge in [-0.15, -0.1) is 0 Å². The highest BCUT2D eigenvalue weighted by molar-refractivity contribution is 14.1. The summed E-state index contributed by atoms with van der Waals surface area (Å²) in [4.78, 5) is 8.05. The molecule has 0 saturated heterocycles. The van der Waals surface area contributed by atoms with Crippen molar-refractivity contribution in [2.24, 2.45) is 0 Å². The summed E-state index contributed by atoms with van der Waals surface area (Å²) in [5, 5.41) is 3.80. The fourth-order valence-corrected chi connectivity index (χ4v) is 1.96.